The number of sulfone groups is 1. The molecule has 2 unspecified atom stereocenters. The average molecular weight is 313 g/mol. The Kier molecular flexibility index (Phi) is 6.68. The van der Waals surface area contributed by atoms with Crippen molar-refractivity contribution in [1.29, 1.82) is 0 Å². The summed E-state index contributed by atoms with van der Waals surface area (Å²) in [6.45, 7) is 9.07. The lowest BCUT2D eigenvalue weighted by Gasteiger charge is -2.26. The van der Waals surface area contributed by atoms with Gasteiger partial charge < -0.3 is 10.1 Å². The fourth-order valence-corrected chi connectivity index (χ4v) is 3.01. The van der Waals surface area contributed by atoms with Crippen molar-refractivity contribution in [2.75, 3.05) is 19.4 Å². The Morgan fingerprint density at radius 2 is 1.95 bits per heavy atom. The van der Waals surface area contributed by atoms with Gasteiger partial charge in [0.2, 0.25) is 0 Å². The molecule has 1 N–H and O–H groups in total. The fraction of sp³-hybridized carbons (Fsp3) is 0.625. The van der Waals surface area contributed by atoms with Crippen LogP contribution in [0.2, 0.25) is 0 Å². The molecular weight excluding hydrogens is 286 g/mol. The number of hydrogen-bond donors (Lipinski definition) is 1. The minimum absolute atomic E-state index is 0.263. The topological polar surface area (TPSA) is 55.4 Å². The van der Waals surface area contributed by atoms with Crippen LogP contribution < -0.4 is 10.1 Å². The molecule has 120 valence electrons. The molecular formula is C16H27NO3S. The summed E-state index contributed by atoms with van der Waals surface area (Å²) in [5, 5.41) is 2.85. The summed E-state index contributed by atoms with van der Waals surface area (Å²) < 4.78 is 29.6. The van der Waals surface area contributed by atoms with Crippen molar-refractivity contribution in [3.8, 4) is 5.75 Å². The van der Waals surface area contributed by atoms with Crippen LogP contribution in [-0.4, -0.2) is 33.1 Å². The van der Waals surface area contributed by atoms with Crippen LogP contribution in [0.1, 0.15) is 44.4 Å². The van der Waals surface area contributed by atoms with Crippen molar-refractivity contribution in [1.82, 2.24) is 5.32 Å². The molecule has 1 aromatic rings. The van der Waals surface area contributed by atoms with Crippen LogP contribution in [0.25, 0.3) is 0 Å². The highest BCUT2D eigenvalue weighted by Gasteiger charge is 2.29. The summed E-state index contributed by atoms with van der Waals surface area (Å²) in [7, 11) is -3.14. The maximum Gasteiger partial charge on any atom is 0.151 e. The Morgan fingerprint density at radius 1 is 1.29 bits per heavy atom. The monoisotopic (exact) mass is 313 g/mol. The van der Waals surface area contributed by atoms with Crippen LogP contribution in [0.4, 0.5) is 0 Å². The molecule has 1 rings (SSSR count). The number of rotatable bonds is 8. The van der Waals surface area contributed by atoms with Gasteiger partial charge in [0.15, 0.2) is 9.84 Å². The first-order valence-corrected chi connectivity index (χ1v) is 9.42. The van der Waals surface area contributed by atoms with Gasteiger partial charge in [-0.3, -0.25) is 0 Å². The predicted octanol–water partition coefficient (Wildman–Crippen LogP) is 2.87. The van der Waals surface area contributed by atoms with E-state index < -0.39 is 15.1 Å². The Labute approximate surface area is 128 Å². The zero-order valence-electron chi connectivity index (χ0n) is 13.6. The highest BCUT2D eigenvalue weighted by Crippen LogP contribution is 2.31. The summed E-state index contributed by atoms with van der Waals surface area (Å²) >= 11 is 0. The van der Waals surface area contributed by atoms with E-state index in [1.54, 1.807) is 6.92 Å². The van der Waals surface area contributed by atoms with Gasteiger partial charge in [0, 0.05) is 11.8 Å². The molecule has 2 atom stereocenters. The molecule has 0 amide bonds. The van der Waals surface area contributed by atoms with Crippen molar-refractivity contribution in [2.24, 2.45) is 0 Å². The average Bonchev–Trinajstić information content (AvgIpc) is 2.41. The molecule has 0 fully saturated rings. The Bertz CT molecular complexity index is 555. The van der Waals surface area contributed by atoms with E-state index in [1.807, 2.05) is 32.0 Å². The lowest BCUT2D eigenvalue weighted by molar-refractivity contribution is 0.330. The quantitative estimate of drug-likeness (QED) is 0.802. The third-order valence-corrected chi connectivity index (χ3v) is 5.18. The molecule has 1 aromatic carbocycles. The van der Waals surface area contributed by atoms with Crippen LogP contribution in [0, 0.1) is 6.92 Å². The number of nitrogens with one attached hydrogen (secondary N) is 1. The van der Waals surface area contributed by atoms with E-state index >= 15 is 0 Å². The maximum atomic E-state index is 12.0. The van der Waals surface area contributed by atoms with Gasteiger partial charge in [0.1, 0.15) is 5.75 Å². The first-order valence-electron chi connectivity index (χ1n) is 7.46. The lowest BCUT2D eigenvalue weighted by atomic mass is 10.0. The van der Waals surface area contributed by atoms with E-state index in [0.29, 0.717) is 6.61 Å². The van der Waals surface area contributed by atoms with Crippen molar-refractivity contribution in [2.45, 2.75) is 45.4 Å². The second-order valence-corrected chi connectivity index (χ2v) is 7.84. The number of hydrogen-bond acceptors (Lipinski definition) is 4. The van der Waals surface area contributed by atoms with Gasteiger partial charge in [0.25, 0.3) is 0 Å². The van der Waals surface area contributed by atoms with Gasteiger partial charge in [-0.2, -0.15) is 0 Å². The molecule has 0 aromatic heterocycles. The van der Waals surface area contributed by atoms with Gasteiger partial charge >= 0.3 is 0 Å². The van der Waals surface area contributed by atoms with E-state index in [1.165, 1.54) is 6.26 Å². The summed E-state index contributed by atoms with van der Waals surface area (Å²) in [6, 6.07) is 5.65. The lowest BCUT2D eigenvalue weighted by Crippen LogP contribution is -2.35. The second-order valence-electron chi connectivity index (χ2n) is 5.44. The third kappa shape index (κ3) is 5.00. The van der Waals surface area contributed by atoms with E-state index in [2.05, 4.69) is 12.2 Å². The highest BCUT2D eigenvalue weighted by molar-refractivity contribution is 7.91. The molecule has 21 heavy (non-hydrogen) atoms. The van der Waals surface area contributed by atoms with Gasteiger partial charge in [0.05, 0.1) is 17.9 Å². The largest absolute Gasteiger partial charge is 0.494 e. The summed E-state index contributed by atoms with van der Waals surface area (Å²) in [5.41, 5.74) is 2.01. The molecule has 0 saturated heterocycles. The normalized spacial score (nSPS) is 14.7. The van der Waals surface area contributed by atoms with Gasteiger partial charge in [-0.1, -0.05) is 24.6 Å². The highest BCUT2D eigenvalue weighted by atomic mass is 32.2. The predicted molar refractivity (Wildman–Crippen MR) is 87.7 cm³/mol. The number of benzene rings is 1. The van der Waals surface area contributed by atoms with Gasteiger partial charge in [-0.15, -0.1) is 0 Å². The summed E-state index contributed by atoms with van der Waals surface area (Å²) in [6.07, 6.45) is 2.23. The molecule has 0 spiro atoms. The van der Waals surface area contributed by atoms with Crippen LogP contribution in [0.5, 0.6) is 5.75 Å². The van der Waals surface area contributed by atoms with Gasteiger partial charge in [-0.05, 0) is 39.8 Å². The number of aryl methyl sites for hydroxylation is 1. The van der Waals surface area contributed by atoms with Gasteiger partial charge in [-0.25, -0.2) is 8.42 Å². The standard InChI is InChI=1S/C16H27NO3S/c1-6-10-17-16(13(4)21(5,18)19)14-11-12(3)8-9-15(14)20-7-2/h8-9,11,13,16-17H,6-7,10H2,1-5H3. The zero-order chi connectivity index (χ0) is 16.0. The van der Waals surface area contributed by atoms with Crippen molar-refractivity contribution < 1.29 is 13.2 Å². The SMILES string of the molecule is CCCNC(c1cc(C)ccc1OCC)C(C)S(C)(=O)=O. The Hall–Kier alpha value is -1.07. The van der Waals surface area contributed by atoms with Crippen LogP contribution in [0.3, 0.4) is 0 Å². The Morgan fingerprint density at radius 3 is 2.48 bits per heavy atom. The summed E-state index contributed by atoms with van der Waals surface area (Å²) in [5.74, 6) is 0.757. The smallest absolute Gasteiger partial charge is 0.151 e. The molecule has 0 radical (unpaired) electrons. The van der Waals surface area contributed by atoms with E-state index in [0.717, 1.165) is 29.8 Å². The molecule has 4 nitrogen and oxygen atoms in total. The first-order chi connectivity index (χ1) is 9.81. The van der Waals surface area contributed by atoms with Crippen LogP contribution >= 0.6 is 0 Å². The molecule has 0 bridgehead atoms. The molecule has 0 aliphatic heterocycles. The van der Waals surface area contributed by atoms with E-state index in [4.69, 9.17) is 4.74 Å². The fourth-order valence-electron chi connectivity index (χ4n) is 2.27. The molecule has 0 saturated carbocycles. The van der Waals surface area contributed by atoms with Crippen LogP contribution in [0.15, 0.2) is 18.2 Å². The maximum absolute atomic E-state index is 12.0. The molecule has 5 heteroatoms. The van der Waals surface area contributed by atoms with Crippen molar-refractivity contribution in [3.05, 3.63) is 29.3 Å². The zero-order valence-corrected chi connectivity index (χ0v) is 14.5. The van der Waals surface area contributed by atoms with Crippen molar-refractivity contribution >= 4 is 9.84 Å². The first kappa shape index (κ1) is 18.0. The van der Waals surface area contributed by atoms with E-state index in [-0.39, 0.29) is 6.04 Å². The molecule has 0 heterocycles. The van der Waals surface area contributed by atoms with Crippen LogP contribution in [-0.2, 0) is 9.84 Å². The Balaban J connectivity index is 3.27. The van der Waals surface area contributed by atoms with Crippen molar-refractivity contribution in [3.63, 3.8) is 0 Å². The minimum Gasteiger partial charge on any atom is -0.494 e. The number of ether oxygens (including phenoxy) is 1. The minimum atomic E-state index is -3.14. The second kappa shape index (κ2) is 7.80. The molecule has 0 aliphatic carbocycles. The third-order valence-electron chi connectivity index (χ3n) is 3.56. The summed E-state index contributed by atoms with van der Waals surface area (Å²) in [4.78, 5) is 0. The molecule has 0 aliphatic rings. The van der Waals surface area contributed by atoms with E-state index in [9.17, 15) is 8.42 Å².